The van der Waals surface area contributed by atoms with Gasteiger partial charge in [0.1, 0.15) is 5.75 Å². The van der Waals surface area contributed by atoms with Crippen LogP contribution in [0.15, 0.2) is 72.8 Å². The highest BCUT2D eigenvalue weighted by Gasteiger charge is 2.10. The van der Waals surface area contributed by atoms with Crippen molar-refractivity contribution in [3.8, 4) is 5.75 Å². The summed E-state index contributed by atoms with van der Waals surface area (Å²) in [5.41, 5.74) is 2.56. The highest BCUT2D eigenvalue weighted by molar-refractivity contribution is 6.30. The van der Waals surface area contributed by atoms with Crippen LogP contribution in [0.5, 0.6) is 5.75 Å². The van der Waals surface area contributed by atoms with Gasteiger partial charge in [-0.1, -0.05) is 29.3 Å². The van der Waals surface area contributed by atoms with Crippen molar-refractivity contribution in [3.63, 3.8) is 0 Å². The van der Waals surface area contributed by atoms with Crippen molar-refractivity contribution >= 4 is 29.2 Å². The van der Waals surface area contributed by atoms with Crippen LogP contribution in [0.1, 0.15) is 26.3 Å². The molecule has 0 unspecified atom stereocenters. The Labute approximate surface area is 156 Å². The van der Waals surface area contributed by atoms with Gasteiger partial charge in [-0.2, -0.15) is 0 Å². The molecule has 4 nitrogen and oxygen atoms in total. The van der Waals surface area contributed by atoms with Gasteiger partial charge in [-0.05, 0) is 67.6 Å². The van der Waals surface area contributed by atoms with Gasteiger partial charge in [-0.3, -0.25) is 4.79 Å². The maximum absolute atomic E-state index is 12.2. The fourth-order valence-electron chi connectivity index (χ4n) is 2.27. The van der Waals surface area contributed by atoms with E-state index in [1.165, 1.54) is 0 Å². The SMILES string of the molecule is Cc1ccc(OC(=O)c2ccc(NC(=O)c3ccc(Cl)cc3)cc2)cc1. The highest BCUT2D eigenvalue weighted by atomic mass is 35.5. The average Bonchev–Trinajstić information content (AvgIpc) is 2.64. The van der Waals surface area contributed by atoms with E-state index in [2.05, 4.69) is 5.32 Å². The van der Waals surface area contributed by atoms with Crippen LogP contribution in [0.4, 0.5) is 5.69 Å². The van der Waals surface area contributed by atoms with Gasteiger partial charge in [0.25, 0.3) is 5.91 Å². The zero-order valence-corrected chi connectivity index (χ0v) is 14.8. The van der Waals surface area contributed by atoms with E-state index in [0.717, 1.165) is 5.56 Å². The molecule has 3 aromatic rings. The van der Waals surface area contributed by atoms with E-state index in [9.17, 15) is 9.59 Å². The van der Waals surface area contributed by atoms with Crippen LogP contribution in [-0.4, -0.2) is 11.9 Å². The van der Waals surface area contributed by atoms with Gasteiger partial charge in [-0.15, -0.1) is 0 Å². The van der Waals surface area contributed by atoms with Crippen molar-refractivity contribution in [3.05, 3.63) is 94.5 Å². The third-order valence-corrected chi connectivity index (χ3v) is 3.97. The van der Waals surface area contributed by atoms with Crippen LogP contribution in [0.25, 0.3) is 0 Å². The molecule has 3 aromatic carbocycles. The molecular formula is C21H16ClNO3. The topological polar surface area (TPSA) is 55.4 Å². The van der Waals surface area contributed by atoms with Crippen LogP contribution < -0.4 is 10.1 Å². The summed E-state index contributed by atoms with van der Waals surface area (Å²) in [4.78, 5) is 24.3. The lowest BCUT2D eigenvalue weighted by Gasteiger charge is -2.07. The Balaban J connectivity index is 1.64. The number of anilines is 1. The number of nitrogens with one attached hydrogen (secondary N) is 1. The molecule has 0 fully saturated rings. The lowest BCUT2D eigenvalue weighted by Crippen LogP contribution is -2.12. The molecule has 0 saturated heterocycles. The molecule has 0 aliphatic carbocycles. The smallest absolute Gasteiger partial charge is 0.343 e. The molecule has 0 radical (unpaired) electrons. The number of rotatable bonds is 4. The fraction of sp³-hybridized carbons (Fsp3) is 0.0476. The second-order valence-corrected chi connectivity index (χ2v) is 6.18. The van der Waals surface area contributed by atoms with Crippen molar-refractivity contribution in [2.24, 2.45) is 0 Å². The maximum Gasteiger partial charge on any atom is 0.343 e. The van der Waals surface area contributed by atoms with Crippen LogP contribution >= 0.6 is 11.6 Å². The van der Waals surface area contributed by atoms with Gasteiger partial charge in [-0.25, -0.2) is 4.79 Å². The van der Waals surface area contributed by atoms with E-state index in [0.29, 0.717) is 27.6 Å². The van der Waals surface area contributed by atoms with Crippen LogP contribution in [0.3, 0.4) is 0 Å². The Morgan fingerprint density at radius 1 is 0.808 bits per heavy atom. The molecular weight excluding hydrogens is 350 g/mol. The molecule has 0 spiro atoms. The monoisotopic (exact) mass is 365 g/mol. The van der Waals surface area contributed by atoms with E-state index >= 15 is 0 Å². The maximum atomic E-state index is 12.2. The van der Waals surface area contributed by atoms with E-state index in [4.69, 9.17) is 16.3 Å². The number of carbonyl (C=O) groups is 2. The summed E-state index contributed by atoms with van der Waals surface area (Å²) in [6.07, 6.45) is 0. The zero-order valence-electron chi connectivity index (χ0n) is 14.0. The van der Waals surface area contributed by atoms with E-state index in [1.807, 2.05) is 19.1 Å². The first-order chi connectivity index (χ1) is 12.5. The Morgan fingerprint density at radius 3 is 2.00 bits per heavy atom. The molecule has 0 bridgehead atoms. The molecule has 1 N–H and O–H groups in total. The molecule has 0 atom stereocenters. The predicted molar refractivity (Wildman–Crippen MR) is 102 cm³/mol. The Hall–Kier alpha value is -3.11. The average molecular weight is 366 g/mol. The van der Waals surface area contributed by atoms with Crippen molar-refractivity contribution in [1.82, 2.24) is 0 Å². The molecule has 3 rings (SSSR count). The Bertz CT molecular complexity index is 917. The summed E-state index contributed by atoms with van der Waals surface area (Å²) in [5, 5.41) is 3.33. The van der Waals surface area contributed by atoms with Gasteiger partial charge in [0, 0.05) is 16.3 Å². The number of amides is 1. The predicted octanol–water partition coefficient (Wildman–Crippen LogP) is 5.12. The fourth-order valence-corrected chi connectivity index (χ4v) is 2.39. The number of esters is 1. The minimum Gasteiger partial charge on any atom is -0.423 e. The van der Waals surface area contributed by atoms with Gasteiger partial charge >= 0.3 is 5.97 Å². The Morgan fingerprint density at radius 2 is 1.38 bits per heavy atom. The first kappa shape index (κ1) is 17.7. The minimum atomic E-state index is -0.454. The van der Waals surface area contributed by atoms with Crippen LogP contribution in [0.2, 0.25) is 5.02 Å². The minimum absolute atomic E-state index is 0.253. The second-order valence-electron chi connectivity index (χ2n) is 5.74. The largest absolute Gasteiger partial charge is 0.423 e. The molecule has 0 aromatic heterocycles. The second kappa shape index (κ2) is 7.85. The van der Waals surface area contributed by atoms with Gasteiger partial charge in [0.2, 0.25) is 0 Å². The number of halogens is 1. The number of benzene rings is 3. The quantitative estimate of drug-likeness (QED) is 0.515. The summed E-state index contributed by atoms with van der Waals surface area (Å²) in [6, 6.07) is 20.3. The number of ether oxygens (including phenoxy) is 1. The summed E-state index contributed by atoms with van der Waals surface area (Å²) < 4.78 is 5.32. The molecule has 0 saturated carbocycles. The number of hydrogen-bond donors (Lipinski definition) is 1. The summed E-state index contributed by atoms with van der Waals surface area (Å²) in [6.45, 7) is 1.96. The van der Waals surface area contributed by atoms with E-state index < -0.39 is 5.97 Å². The van der Waals surface area contributed by atoms with E-state index in [1.54, 1.807) is 60.7 Å². The molecule has 0 heterocycles. The Kier molecular flexibility index (Phi) is 5.34. The third-order valence-electron chi connectivity index (χ3n) is 3.72. The van der Waals surface area contributed by atoms with Crippen molar-refractivity contribution < 1.29 is 14.3 Å². The molecule has 1 amide bonds. The first-order valence-corrected chi connectivity index (χ1v) is 8.35. The first-order valence-electron chi connectivity index (χ1n) is 7.97. The molecule has 5 heteroatoms. The molecule has 130 valence electrons. The molecule has 0 aliphatic rings. The number of aryl methyl sites for hydroxylation is 1. The number of carbonyl (C=O) groups excluding carboxylic acids is 2. The van der Waals surface area contributed by atoms with Crippen LogP contribution in [0, 0.1) is 6.92 Å². The molecule has 26 heavy (non-hydrogen) atoms. The number of hydrogen-bond acceptors (Lipinski definition) is 3. The summed E-state index contributed by atoms with van der Waals surface area (Å²) in [7, 11) is 0. The van der Waals surface area contributed by atoms with Gasteiger partial charge in [0.05, 0.1) is 5.56 Å². The summed E-state index contributed by atoms with van der Waals surface area (Å²) >= 11 is 5.81. The van der Waals surface area contributed by atoms with Crippen molar-refractivity contribution in [1.29, 1.82) is 0 Å². The van der Waals surface area contributed by atoms with Gasteiger partial charge in [0.15, 0.2) is 0 Å². The lowest BCUT2D eigenvalue weighted by atomic mass is 10.2. The lowest BCUT2D eigenvalue weighted by molar-refractivity contribution is 0.0734. The third kappa shape index (κ3) is 4.49. The van der Waals surface area contributed by atoms with Crippen LogP contribution in [-0.2, 0) is 0 Å². The van der Waals surface area contributed by atoms with Crippen molar-refractivity contribution in [2.45, 2.75) is 6.92 Å². The van der Waals surface area contributed by atoms with Gasteiger partial charge < -0.3 is 10.1 Å². The van der Waals surface area contributed by atoms with E-state index in [-0.39, 0.29) is 5.91 Å². The standard InChI is InChI=1S/C21H16ClNO3/c1-14-2-12-19(13-3-14)26-21(25)16-6-10-18(11-7-16)23-20(24)15-4-8-17(22)9-5-15/h2-13H,1H3,(H,23,24). The summed E-state index contributed by atoms with van der Waals surface area (Å²) in [5.74, 6) is -0.221. The zero-order chi connectivity index (χ0) is 18.5. The van der Waals surface area contributed by atoms with Crippen molar-refractivity contribution in [2.75, 3.05) is 5.32 Å². The highest BCUT2D eigenvalue weighted by Crippen LogP contribution is 2.16. The molecule has 0 aliphatic heterocycles. The normalized spacial score (nSPS) is 10.2.